The molecular formula is C27H20N2O5. The van der Waals surface area contributed by atoms with Gasteiger partial charge < -0.3 is 18.7 Å². The van der Waals surface area contributed by atoms with Gasteiger partial charge in [-0.1, -0.05) is 60.7 Å². The molecular weight excluding hydrogens is 432 g/mol. The Morgan fingerprint density at radius 3 is 2.09 bits per heavy atom. The molecule has 1 N–H and O–H groups in total. The average Bonchev–Trinajstić information content (AvgIpc) is 3.53. The smallest absolute Gasteiger partial charge is 0.344 e. The van der Waals surface area contributed by atoms with E-state index in [1.807, 2.05) is 60.7 Å². The Labute approximate surface area is 195 Å². The van der Waals surface area contributed by atoms with Crippen LogP contribution in [0.4, 0.5) is 0 Å². The summed E-state index contributed by atoms with van der Waals surface area (Å²) in [6.07, 6.45) is 0.391. The van der Waals surface area contributed by atoms with E-state index < -0.39 is 12.1 Å². The Hall–Kier alpha value is -4.65. The maximum absolute atomic E-state index is 11.0. The van der Waals surface area contributed by atoms with Crippen LogP contribution >= 0.6 is 0 Å². The van der Waals surface area contributed by atoms with Crippen LogP contribution in [0.5, 0.6) is 5.75 Å². The molecule has 3 aromatic carbocycles. The molecule has 0 bridgehead atoms. The first-order chi connectivity index (χ1) is 16.6. The van der Waals surface area contributed by atoms with E-state index in [0.717, 1.165) is 16.7 Å². The van der Waals surface area contributed by atoms with E-state index in [1.165, 1.54) is 13.3 Å². The Morgan fingerprint density at radius 2 is 1.44 bits per heavy atom. The number of carboxylic acid groups (broad SMARTS) is 1. The largest absolute Gasteiger partial charge is 0.479 e. The third-order valence-corrected chi connectivity index (χ3v) is 5.26. The number of carboxylic acids is 1. The molecule has 5 rings (SSSR count). The van der Waals surface area contributed by atoms with E-state index >= 15 is 0 Å². The summed E-state index contributed by atoms with van der Waals surface area (Å²) in [5.74, 6) is 0.865. The van der Waals surface area contributed by atoms with Crippen molar-refractivity contribution >= 4 is 5.97 Å². The minimum atomic E-state index is -1.03. The number of rotatable bonds is 7. The summed E-state index contributed by atoms with van der Waals surface area (Å²) in [4.78, 5) is 20.2. The molecule has 0 aliphatic heterocycles. The van der Waals surface area contributed by atoms with Crippen molar-refractivity contribution in [3.05, 3.63) is 91.3 Å². The van der Waals surface area contributed by atoms with Gasteiger partial charge in [-0.05, 0) is 31.2 Å². The van der Waals surface area contributed by atoms with Crippen LogP contribution in [0.2, 0.25) is 0 Å². The Kier molecular flexibility index (Phi) is 5.66. The number of benzene rings is 3. The molecule has 0 aliphatic carbocycles. The van der Waals surface area contributed by atoms with Crippen molar-refractivity contribution in [2.45, 2.75) is 13.0 Å². The molecule has 2 aromatic heterocycles. The van der Waals surface area contributed by atoms with Crippen LogP contribution in [-0.4, -0.2) is 27.1 Å². The lowest BCUT2D eigenvalue weighted by molar-refractivity contribution is -0.144. The highest BCUT2D eigenvalue weighted by molar-refractivity contribution is 5.81. The molecule has 0 saturated carbocycles. The molecule has 1 unspecified atom stereocenters. The average molecular weight is 452 g/mol. The molecule has 5 aromatic rings. The summed E-state index contributed by atoms with van der Waals surface area (Å²) in [7, 11) is 0. The fraction of sp³-hybridized carbons (Fsp3) is 0.0741. The molecule has 0 fully saturated rings. The van der Waals surface area contributed by atoms with Crippen LogP contribution in [0.15, 0.2) is 100 Å². The number of oxazole rings is 2. The third kappa shape index (κ3) is 4.19. The summed E-state index contributed by atoms with van der Waals surface area (Å²) >= 11 is 0. The zero-order valence-electron chi connectivity index (χ0n) is 18.2. The lowest BCUT2D eigenvalue weighted by Crippen LogP contribution is -2.22. The number of aromatic nitrogens is 2. The van der Waals surface area contributed by atoms with Crippen molar-refractivity contribution in [3.63, 3.8) is 0 Å². The SMILES string of the molecule is CC(Oc1ccc(-c2ocnc2-c2nc(-c3ccccc3)c(-c3ccccc3)o2)cc1)C(=O)O. The summed E-state index contributed by atoms with van der Waals surface area (Å²) in [6.45, 7) is 1.47. The maximum atomic E-state index is 11.0. The minimum Gasteiger partial charge on any atom is -0.479 e. The molecule has 0 aliphatic rings. The molecule has 0 radical (unpaired) electrons. The van der Waals surface area contributed by atoms with E-state index in [2.05, 4.69) is 4.98 Å². The monoisotopic (exact) mass is 452 g/mol. The third-order valence-electron chi connectivity index (χ3n) is 5.26. The van der Waals surface area contributed by atoms with E-state index in [1.54, 1.807) is 24.3 Å². The van der Waals surface area contributed by atoms with Crippen LogP contribution < -0.4 is 4.74 Å². The first-order valence-electron chi connectivity index (χ1n) is 10.7. The number of carbonyl (C=O) groups is 1. The molecule has 0 spiro atoms. The first kappa shape index (κ1) is 21.2. The lowest BCUT2D eigenvalue weighted by atomic mass is 10.1. The Morgan fingerprint density at radius 1 is 0.824 bits per heavy atom. The molecule has 0 amide bonds. The zero-order valence-corrected chi connectivity index (χ0v) is 18.2. The van der Waals surface area contributed by atoms with Crippen LogP contribution in [0, 0.1) is 0 Å². The van der Waals surface area contributed by atoms with E-state index in [0.29, 0.717) is 34.5 Å². The second-order valence-electron chi connectivity index (χ2n) is 7.58. The van der Waals surface area contributed by atoms with Gasteiger partial charge in [-0.2, -0.15) is 0 Å². The predicted molar refractivity (Wildman–Crippen MR) is 126 cm³/mol. The summed E-state index contributed by atoms with van der Waals surface area (Å²) in [6, 6.07) is 26.5. The second kappa shape index (κ2) is 9.07. The molecule has 0 saturated heterocycles. The molecule has 2 heterocycles. The first-order valence-corrected chi connectivity index (χ1v) is 10.7. The van der Waals surface area contributed by atoms with Crippen molar-refractivity contribution in [2.24, 2.45) is 0 Å². The van der Waals surface area contributed by atoms with Crippen LogP contribution in [-0.2, 0) is 4.79 Å². The van der Waals surface area contributed by atoms with E-state index in [4.69, 9.17) is 23.7 Å². The number of ether oxygens (including phenoxy) is 1. The van der Waals surface area contributed by atoms with Gasteiger partial charge in [-0.15, -0.1) is 0 Å². The summed E-state index contributed by atoms with van der Waals surface area (Å²) in [5.41, 5.74) is 3.73. The predicted octanol–water partition coefficient (Wildman–Crippen LogP) is 6.18. The van der Waals surface area contributed by atoms with Gasteiger partial charge in [0, 0.05) is 16.7 Å². The van der Waals surface area contributed by atoms with Crippen molar-refractivity contribution < 1.29 is 23.5 Å². The van der Waals surface area contributed by atoms with Gasteiger partial charge in [-0.3, -0.25) is 0 Å². The van der Waals surface area contributed by atoms with Crippen LogP contribution in [0.1, 0.15) is 6.92 Å². The van der Waals surface area contributed by atoms with Crippen molar-refractivity contribution in [1.82, 2.24) is 9.97 Å². The normalized spacial score (nSPS) is 11.8. The fourth-order valence-electron chi connectivity index (χ4n) is 3.54. The van der Waals surface area contributed by atoms with Gasteiger partial charge in [0.15, 0.2) is 29.7 Å². The van der Waals surface area contributed by atoms with Gasteiger partial charge in [0.1, 0.15) is 11.4 Å². The minimum absolute atomic E-state index is 0.335. The standard InChI is InChI=1S/C27H20N2O5/c1-17(27(30)31)33-21-14-12-20(13-15-21)24-23(28-16-32-24)26-29-22(18-8-4-2-5-9-18)25(34-26)19-10-6-3-7-11-19/h2-17H,1H3,(H,30,31). The summed E-state index contributed by atoms with van der Waals surface area (Å²) < 4.78 is 17.3. The summed E-state index contributed by atoms with van der Waals surface area (Å²) in [5, 5.41) is 9.03. The highest BCUT2D eigenvalue weighted by Crippen LogP contribution is 2.38. The van der Waals surface area contributed by atoms with E-state index in [9.17, 15) is 4.79 Å². The zero-order chi connectivity index (χ0) is 23.5. The molecule has 7 heteroatoms. The van der Waals surface area contributed by atoms with E-state index in [-0.39, 0.29) is 0 Å². The quantitative estimate of drug-likeness (QED) is 0.315. The van der Waals surface area contributed by atoms with Gasteiger partial charge in [0.2, 0.25) is 5.89 Å². The van der Waals surface area contributed by atoms with Crippen molar-refractivity contribution in [2.75, 3.05) is 0 Å². The van der Waals surface area contributed by atoms with Crippen LogP contribution in [0.25, 0.3) is 45.5 Å². The van der Waals surface area contributed by atoms with Crippen LogP contribution in [0.3, 0.4) is 0 Å². The molecule has 34 heavy (non-hydrogen) atoms. The number of aliphatic carboxylic acids is 1. The number of hydrogen-bond donors (Lipinski definition) is 1. The fourth-order valence-corrected chi connectivity index (χ4v) is 3.54. The highest BCUT2D eigenvalue weighted by Gasteiger charge is 2.23. The van der Waals surface area contributed by atoms with Gasteiger partial charge >= 0.3 is 5.97 Å². The number of nitrogens with zero attached hydrogens (tertiary/aromatic N) is 2. The van der Waals surface area contributed by atoms with Gasteiger partial charge in [0.05, 0.1) is 0 Å². The van der Waals surface area contributed by atoms with Crippen molar-refractivity contribution in [3.8, 4) is 51.2 Å². The highest BCUT2D eigenvalue weighted by atomic mass is 16.5. The molecule has 7 nitrogen and oxygen atoms in total. The van der Waals surface area contributed by atoms with Gasteiger partial charge in [-0.25, -0.2) is 14.8 Å². The lowest BCUT2D eigenvalue weighted by Gasteiger charge is -2.10. The second-order valence-corrected chi connectivity index (χ2v) is 7.58. The van der Waals surface area contributed by atoms with Gasteiger partial charge in [0.25, 0.3) is 0 Å². The molecule has 1 atom stereocenters. The molecule has 168 valence electrons. The Bertz CT molecular complexity index is 1350. The van der Waals surface area contributed by atoms with Crippen molar-refractivity contribution in [1.29, 1.82) is 0 Å². The topological polar surface area (TPSA) is 98.6 Å². The Balaban J connectivity index is 1.54. The maximum Gasteiger partial charge on any atom is 0.344 e. The number of hydrogen-bond acceptors (Lipinski definition) is 6.